The van der Waals surface area contributed by atoms with Crippen LogP contribution in [0.15, 0.2) is 59.1 Å². The van der Waals surface area contributed by atoms with Crippen molar-refractivity contribution in [3.63, 3.8) is 0 Å². The third-order valence-electron chi connectivity index (χ3n) is 5.29. The van der Waals surface area contributed by atoms with Crippen LogP contribution in [-0.2, 0) is 14.4 Å². The second-order valence-corrected chi connectivity index (χ2v) is 9.90. The van der Waals surface area contributed by atoms with E-state index in [1.165, 1.54) is 12.0 Å². The van der Waals surface area contributed by atoms with Gasteiger partial charge >= 0.3 is 0 Å². The predicted molar refractivity (Wildman–Crippen MR) is 142 cm³/mol. The molecule has 3 aromatic rings. The number of carbonyl (C=O) groups is 3. The summed E-state index contributed by atoms with van der Waals surface area (Å²) in [5.41, 5.74) is 0.339. The van der Waals surface area contributed by atoms with Gasteiger partial charge in [-0.1, -0.05) is 35.0 Å². The number of aryl methyl sites for hydroxylation is 1. The summed E-state index contributed by atoms with van der Waals surface area (Å²) in [5.74, 6) is 0.138. The topological polar surface area (TPSA) is 114 Å². The Kier molecular flexibility index (Phi) is 8.94. The van der Waals surface area contributed by atoms with E-state index in [0.29, 0.717) is 27.8 Å². The molecule has 0 fully saturated rings. The second kappa shape index (κ2) is 11.9. The first kappa shape index (κ1) is 27.7. The molecule has 2 aromatic carbocycles. The van der Waals surface area contributed by atoms with Crippen molar-refractivity contribution in [3.8, 4) is 5.75 Å². The Balaban J connectivity index is 1.97. The molecule has 3 rings (SSSR count). The lowest BCUT2D eigenvalue weighted by molar-refractivity contribution is -0.128. The summed E-state index contributed by atoms with van der Waals surface area (Å²) < 4.78 is 10.2. The monoisotopic (exact) mass is 526 g/mol. The van der Waals surface area contributed by atoms with Gasteiger partial charge in [0.2, 0.25) is 17.7 Å². The normalized spacial score (nSPS) is 11.9. The first-order chi connectivity index (χ1) is 17.5. The van der Waals surface area contributed by atoms with E-state index in [0.717, 1.165) is 0 Å². The number of hydrogen-bond acceptors (Lipinski definition) is 6. The highest BCUT2D eigenvalue weighted by molar-refractivity contribution is 6.31. The molecule has 0 saturated heterocycles. The average Bonchev–Trinajstić information content (AvgIpc) is 3.25. The van der Waals surface area contributed by atoms with Crippen molar-refractivity contribution in [2.24, 2.45) is 0 Å². The lowest BCUT2D eigenvalue weighted by atomic mass is 10.00. The van der Waals surface area contributed by atoms with Crippen LogP contribution in [0.25, 0.3) is 0 Å². The number of carbonyl (C=O) groups excluding carboxylic acids is 3. The molecule has 0 aliphatic carbocycles. The number of hydrogen-bond donors (Lipinski definition) is 2. The van der Waals surface area contributed by atoms with Crippen LogP contribution in [0, 0.1) is 6.92 Å². The number of rotatable bonds is 9. The third kappa shape index (κ3) is 7.57. The highest BCUT2D eigenvalue weighted by Crippen LogP contribution is 2.34. The predicted octanol–water partition coefficient (Wildman–Crippen LogP) is 5.05. The van der Waals surface area contributed by atoms with E-state index < -0.39 is 29.3 Å². The lowest BCUT2D eigenvalue weighted by Crippen LogP contribution is -2.49. The number of benzene rings is 2. The highest BCUT2D eigenvalue weighted by atomic mass is 35.5. The zero-order valence-corrected chi connectivity index (χ0v) is 22.3. The fourth-order valence-corrected chi connectivity index (χ4v) is 3.92. The van der Waals surface area contributed by atoms with E-state index >= 15 is 0 Å². The van der Waals surface area contributed by atoms with Crippen LogP contribution in [0.1, 0.15) is 51.0 Å². The van der Waals surface area contributed by atoms with Crippen molar-refractivity contribution in [3.05, 3.63) is 70.9 Å². The van der Waals surface area contributed by atoms with Gasteiger partial charge in [0, 0.05) is 40.7 Å². The van der Waals surface area contributed by atoms with Gasteiger partial charge in [-0.05, 0) is 58.0 Å². The molecule has 1 aromatic heterocycles. The molecule has 196 valence electrons. The Morgan fingerprint density at radius 1 is 1.08 bits per heavy atom. The first-order valence-corrected chi connectivity index (χ1v) is 12.1. The van der Waals surface area contributed by atoms with Gasteiger partial charge in [0.05, 0.1) is 7.11 Å². The molecule has 0 bridgehead atoms. The molecule has 0 spiro atoms. The number of nitrogens with zero attached hydrogens (tertiary/aromatic N) is 2. The maximum atomic E-state index is 13.7. The molecular formula is C27H31ClN4O5. The fraction of sp³-hybridized carbons (Fsp3) is 0.333. The Hall–Kier alpha value is -3.85. The molecule has 1 atom stereocenters. The number of anilines is 2. The first-order valence-electron chi connectivity index (χ1n) is 11.7. The number of amides is 3. The van der Waals surface area contributed by atoms with Gasteiger partial charge in [0.25, 0.3) is 0 Å². The van der Waals surface area contributed by atoms with Crippen molar-refractivity contribution in [1.82, 2.24) is 10.5 Å². The number of halogens is 1. The third-order valence-corrected chi connectivity index (χ3v) is 5.63. The van der Waals surface area contributed by atoms with Gasteiger partial charge in [-0.15, -0.1) is 0 Å². The lowest BCUT2D eigenvalue weighted by Gasteiger charge is -2.34. The Bertz CT molecular complexity index is 1250. The van der Waals surface area contributed by atoms with E-state index in [2.05, 4.69) is 15.8 Å². The maximum Gasteiger partial charge on any atom is 0.248 e. The van der Waals surface area contributed by atoms with Crippen molar-refractivity contribution >= 4 is 40.8 Å². The van der Waals surface area contributed by atoms with E-state index in [1.807, 2.05) is 20.8 Å². The van der Waals surface area contributed by atoms with E-state index in [-0.39, 0.29) is 18.7 Å². The minimum atomic E-state index is -1.09. The minimum Gasteiger partial charge on any atom is -0.497 e. The number of nitrogens with one attached hydrogen (secondary N) is 2. The standard InChI is InChI=1S/C27H31ClN4O5/c1-17-16-22(31-37-17)29-23(33)14-15-24(34)32(18-10-12-19(36-5)13-11-18)25(26(35)30-27(2,3)4)20-8-6-7-9-21(20)28/h6-13,16,25H,14-15H2,1-5H3,(H,30,35)(H,29,31,33)/t25-/m0/s1. The van der Waals surface area contributed by atoms with Crippen LogP contribution in [0.4, 0.5) is 11.5 Å². The maximum absolute atomic E-state index is 13.7. The quantitative estimate of drug-likeness (QED) is 0.403. The van der Waals surface area contributed by atoms with Gasteiger partial charge in [-0.25, -0.2) is 0 Å². The van der Waals surface area contributed by atoms with Crippen molar-refractivity contribution in [1.29, 1.82) is 0 Å². The molecule has 0 unspecified atom stereocenters. The van der Waals surface area contributed by atoms with E-state index in [9.17, 15) is 14.4 Å². The SMILES string of the molecule is COc1ccc(N(C(=O)CCC(=O)Nc2cc(C)on2)[C@H](C(=O)NC(C)(C)C)c2ccccc2Cl)cc1. The summed E-state index contributed by atoms with van der Waals surface area (Å²) in [7, 11) is 1.54. The van der Waals surface area contributed by atoms with E-state index in [4.69, 9.17) is 20.9 Å². The molecule has 37 heavy (non-hydrogen) atoms. The van der Waals surface area contributed by atoms with Crippen molar-refractivity contribution < 1.29 is 23.6 Å². The largest absolute Gasteiger partial charge is 0.497 e. The molecule has 0 aliphatic heterocycles. The Morgan fingerprint density at radius 2 is 1.76 bits per heavy atom. The molecule has 9 nitrogen and oxygen atoms in total. The van der Waals surface area contributed by atoms with Crippen LogP contribution < -0.4 is 20.3 Å². The molecular weight excluding hydrogens is 496 g/mol. The average molecular weight is 527 g/mol. The van der Waals surface area contributed by atoms with Gasteiger partial charge in [0.1, 0.15) is 17.6 Å². The zero-order chi connectivity index (χ0) is 27.2. The molecule has 0 aliphatic rings. The molecule has 1 heterocycles. The van der Waals surface area contributed by atoms with Gasteiger partial charge in [-0.3, -0.25) is 19.3 Å². The number of methoxy groups -OCH3 is 1. The summed E-state index contributed by atoms with van der Waals surface area (Å²) in [5, 5.41) is 9.63. The molecule has 0 saturated carbocycles. The van der Waals surface area contributed by atoms with Gasteiger partial charge in [-0.2, -0.15) is 0 Å². The summed E-state index contributed by atoms with van der Waals surface area (Å²) in [4.78, 5) is 41.2. The van der Waals surface area contributed by atoms with Gasteiger partial charge < -0.3 is 19.9 Å². The molecule has 3 amide bonds. The Labute approximate surface area is 221 Å². The van der Waals surface area contributed by atoms with Crippen LogP contribution in [0.3, 0.4) is 0 Å². The van der Waals surface area contributed by atoms with Gasteiger partial charge in [0.15, 0.2) is 5.82 Å². The number of ether oxygens (including phenoxy) is 1. The molecule has 2 N–H and O–H groups in total. The van der Waals surface area contributed by atoms with Crippen LogP contribution in [0.2, 0.25) is 5.02 Å². The summed E-state index contributed by atoms with van der Waals surface area (Å²) in [6.07, 6.45) is -0.300. The zero-order valence-electron chi connectivity index (χ0n) is 21.5. The molecule has 10 heteroatoms. The van der Waals surface area contributed by atoms with Crippen LogP contribution in [-0.4, -0.2) is 35.5 Å². The smallest absolute Gasteiger partial charge is 0.248 e. The second-order valence-electron chi connectivity index (χ2n) is 9.50. The summed E-state index contributed by atoms with van der Waals surface area (Å²) in [6.45, 7) is 7.26. The summed E-state index contributed by atoms with van der Waals surface area (Å²) >= 11 is 6.52. The fourth-order valence-electron chi connectivity index (χ4n) is 3.68. The minimum absolute atomic E-state index is 0.131. The van der Waals surface area contributed by atoms with E-state index in [1.54, 1.807) is 61.5 Å². The number of aromatic nitrogens is 1. The van der Waals surface area contributed by atoms with Crippen molar-refractivity contribution in [2.45, 2.75) is 52.1 Å². The van der Waals surface area contributed by atoms with Crippen LogP contribution in [0.5, 0.6) is 5.75 Å². The van der Waals surface area contributed by atoms with Crippen molar-refractivity contribution in [2.75, 3.05) is 17.3 Å². The molecule has 0 radical (unpaired) electrons. The Morgan fingerprint density at radius 3 is 2.32 bits per heavy atom. The van der Waals surface area contributed by atoms with Crippen LogP contribution >= 0.6 is 11.6 Å². The summed E-state index contributed by atoms with van der Waals surface area (Å²) in [6, 6.07) is 14.1. The highest BCUT2D eigenvalue weighted by Gasteiger charge is 2.35.